The predicted molar refractivity (Wildman–Crippen MR) is 83.2 cm³/mol. The Bertz CT molecular complexity index is 828. The van der Waals surface area contributed by atoms with E-state index in [1.165, 1.54) is 11.3 Å². The minimum absolute atomic E-state index is 0.0124. The second-order valence-electron chi connectivity index (χ2n) is 5.59. The van der Waals surface area contributed by atoms with Gasteiger partial charge in [-0.3, -0.25) is 4.79 Å². The fourth-order valence-corrected chi connectivity index (χ4v) is 5.41. The van der Waals surface area contributed by atoms with Gasteiger partial charge in [0.15, 0.2) is 15.0 Å². The number of hydrogen-bond acceptors (Lipinski definition) is 6. The zero-order chi connectivity index (χ0) is 15.3. The van der Waals surface area contributed by atoms with Crippen LogP contribution >= 0.6 is 11.3 Å². The molecule has 0 saturated carbocycles. The summed E-state index contributed by atoms with van der Waals surface area (Å²) in [5.41, 5.74) is 6.18. The molecular weight excluding hydrogens is 310 g/mol. The molecule has 0 spiro atoms. The van der Waals surface area contributed by atoms with Crippen LogP contribution in [-0.4, -0.2) is 36.4 Å². The van der Waals surface area contributed by atoms with Crippen molar-refractivity contribution >= 4 is 42.4 Å². The first-order valence-electron chi connectivity index (χ1n) is 6.45. The summed E-state index contributed by atoms with van der Waals surface area (Å²) < 4.78 is 24.0. The van der Waals surface area contributed by atoms with Crippen LogP contribution in [0, 0.1) is 0 Å². The normalized spacial score (nSPS) is 24.2. The number of carbonyl (C=O) groups excluding carboxylic acids is 1. The van der Waals surface area contributed by atoms with E-state index in [2.05, 4.69) is 10.3 Å². The molecule has 0 bridgehead atoms. The summed E-state index contributed by atoms with van der Waals surface area (Å²) in [6, 6.07) is 5.14. The minimum Gasteiger partial charge on any atom is -0.375 e. The fourth-order valence-electron chi connectivity index (χ4n) is 2.54. The zero-order valence-corrected chi connectivity index (χ0v) is 13.1. The third-order valence-corrected chi connectivity index (χ3v) is 6.34. The molecule has 2 heterocycles. The molecule has 2 aromatic rings. The lowest BCUT2D eigenvalue weighted by molar-refractivity contribution is 0.0915. The number of fused-ring (bicyclic) bond motifs is 1. The Labute approximate surface area is 126 Å². The van der Waals surface area contributed by atoms with Crippen molar-refractivity contribution in [1.82, 2.24) is 10.3 Å². The van der Waals surface area contributed by atoms with E-state index in [4.69, 9.17) is 5.73 Å². The number of carbonyl (C=O) groups is 1. The molecule has 1 aliphatic rings. The highest BCUT2D eigenvalue weighted by atomic mass is 32.2. The van der Waals surface area contributed by atoms with E-state index < -0.39 is 15.4 Å². The van der Waals surface area contributed by atoms with Gasteiger partial charge in [-0.15, -0.1) is 0 Å². The lowest BCUT2D eigenvalue weighted by Crippen LogP contribution is -2.46. The second kappa shape index (κ2) is 4.67. The SMILES string of the molecule is CC1(NC(=O)c2ccc3nc(N)sc3c2)CCS(=O)(=O)C1. The number of nitrogen functional groups attached to an aromatic ring is 1. The topological polar surface area (TPSA) is 102 Å². The van der Waals surface area contributed by atoms with Crippen LogP contribution in [0.2, 0.25) is 0 Å². The molecule has 6 nitrogen and oxygen atoms in total. The van der Waals surface area contributed by atoms with Gasteiger partial charge in [0, 0.05) is 5.56 Å². The van der Waals surface area contributed by atoms with Gasteiger partial charge in [-0.2, -0.15) is 0 Å². The van der Waals surface area contributed by atoms with Gasteiger partial charge in [-0.05, 0) is 31.5 Å². The van der Waals surface area contributed by atoms with E-state index in [0.717, 1.165) is 10.2 Å². The Morgan fingerprint density at radius 2 is 2.24 bits per heavy atom. The molecular formula is C13H15N3O3S2. The van der Waals surface area contributed by atoms with E-state index >= 15 is 0 Å². The summed E-state index contributed by atoms with van der Waals surface area (Å²) in [7, 11) is -3.05. The molecule has 8 heteroatoms. The van der Waals surface area contributed by atoms with Gasteiger partial charge < -0.3 is 11.1 Å². The Hall–Kier alpha value is -1.67. The maximum absolute atomic E-state index is 12.3. The second-order valence-corrected chi connectivity index (χ2v) is 8.84. The van der Waals surface area contributed by atoms with Crippen LogP contribution in [0.15, 0.2) is 18.2 Å². The van der Waals surface area contributed by atoms with Crippen LogP contribution in [0.4, 0.5) is 5.13 Å². The highest BCUT2D eigenvalue weighted by Crippen LogP contribution is 2.26. The summed E-state index contributed by atoms with van der Waals surface area (Å²) in [5, 5.41) is 3.29. The number of rotatable bonds is 2. The van der Waals surface area contributed by atoms with Gasteiger partial charge in [0.1, 0.15) is 0 Å². The molecule has 1 aliphatic heterocycles. The number of hydrogen-bond donors (Lipinski definition) is 2. The molecule has 3 rings (SSSR count). The molecule has 0 radical (unpaired) electrons. The maximum atomic E-state index is 12.3. The standard InChI is InChI=1S/C13H15N3O3S2/c1-13(4-5-21(18,19)7-13)16-11(17)8-2-3-9-10(6-8)20-12(14)15-9/h2-3,6H,4-5,7H2,1H3,(H2,14,15)(H,16,17). The number of nitrogens with one attached hydrogen (secondary N) is 1. The molecule has 1 amide bonds. The summed E-state index contributed by atoms with van der Waals surface area (Å²) >= 11 is 1.32. The summed E-state index contributed by atoms with van der Waals surface area (Å²) in [6.45, 7) is 1.76. The van der Waals surface area contributed by atoms with Crippen LogP contribution in [0.5, 0.6) is 0 Å². The number of nitrogens with two attached hydrogens (primary N) is 1. The van der Waals surface area contributed by atoms with Crippen LogP contribution < -0.4 is 11.1 Å². The summed E-state index contributed by atoms with van der Waals surface area (Å²) in [5.74, 6) is -0.168. The van der Waals surface area contributed by atoms with E-state index in [9.17, 15) is 13.2 Å². The van der Waals surface area contributed by atoms with Gasteiger partial charge in [0.25, 0.3) is 5.91 Å². The van der Waals surface area contributed by atoms with Crippen molar-refractivity contribution in [1.29, 1.82) is 0 Å². The quantitative estimate of drug-likeness (QED) is 0.863. The molecule has 1 fully saturated rings. The summed E-state index contributed by atoms with van der Waals surface area (Å²) in [6.07, 6.45) is 0.441. The number of amides is 1. The molecule has 1 saturated heterocycles. The van der Waals surface area contributed by atoms with E-state index in [1.807, 2.05) is 0 Å². The van der Waals surface area contributed by atoms with Crippen LogP contribution in [-0.2, 0) is 9.84 Å². The lowest BCUT2D eigenvalue weighted by atomic mass is 10.0. The predicted octanol–water partition coefficient (Wildman–Crippen LogP) is 1.19. The third kappa shape index (κ3) is 2.86. The first-order valence-corrected chi connectivity index (χ1v) is 9.09. The van der Waals surface area contributed by atoms with Gasteiger partial charge in [0.05, 0.1) is 27.3 Å². The van der Waals surface area contributed by atoms with Crippen molar-refractivity contribution < 1.29 is 13.2 Å². The Morgan fingerprint density at radius 1 is 1.48 bits per heavy atom. The first kappa shape index (κ1) is 14.3. The Kier molecular flexibility index (Phi) is 3.18. The van der Waals surface area contributed by atoms with E-state index in [0.29, 0.717) is 17.1 Å². The highest BCUT2D eigenvalue weighted by Gasteiger charge is 2.39. The maximum Gasteiger partial charge on any atom is 0.251 e. The Morgan fingerprint density at radius 3 is 2.90 bits per heavy atom. The van der Waals surface area contributed by atoms with Gasteiger partial charge >= 0.3 is 0 Å². The largest absolute Gasteiger partial charge is 0.375 e. The highest BCUT2D eigenvalue weighted by molar-refractivity contribution is 7.91. The first-order chi connectivity index (χ1) is 9.76. The molecule has 1 unspecified atom stereocenters. The van der Waals surface area contributed by atoms with Crippen molar-refractivity contribution in [3.8, 4) is 0 Å². The van der Waals surface area contributed by atoms with Gasteiger partial charge in [-0.25, -0.2) is 13.4 Å². The number of nitrogens with zero attached hydrogens (tertiary/aromatic N) is 1. The Balaban J connectivity index is 1.84. The molecule has 0 aliphatic carbocycles. The molecule has 3 N–H and O–H groups in total. The van der Waals surface area contributed by atoms with Crippen LogP contribution in [0.25, 0.3) is 10.2 Å². The van der Waals surface area contributed by atoms with Crippen molar-refractivity contribution in [2.24, 2.45) is 0 Å². The van der Waals surface area contributed by atoms with E-state index in [1.54, 1.807) is 25.1 Å². The molecule has 21 heavy (non-hydrogen) atoms. The van der Waals surface area contributed by atoms with Crippen LogP contribution in [0.1, 0.15) is 23.7 Å². The van der Waals surface area contributed by atoms with Crippen molar-refractivity contribution in [2.45, 2.75) is 18.9 Å². The van der Waals surface area contributed by atoms with Gasteiger partial charge in [0.2, 0.25) is 0 Å². The average Bonchev–Trinajstić information content (AvgIpc) is 2.87. The van der Waals surface area contributed by atoms with Crippen molar-refractivity contribution in [3.05, 3.63) is 23.8 Å². The number of aromatic nitrogens is 1. The number of thiazole rings is 1. The van der Waals surface area contributed by atoms with Crippen molar-refractivity contribution in [2.75, 3.05) is 17.2 Å². The monoisotopic (exact) mass is 325 g/mol. The molecule has 1 aromatic heterocycles. The molecule has 112 valence electrons. The number of benzene rings is 1. The van der Waals surface area contributed by atoms with Crippen molar-refractivity contribution in [3.63, 3.8) is 0 Å². The number of sulfone groups is 1. The average molecular weight is 325 g/mol. The summed E-state index contributed by atoms with van der Waals surface area (Å²) in [4.78, 5) is 16.4. The fraction of sp³-hybridized carbons (Fsp3) is 0.385. The van der Waals surface area contributed by atoms with E-state index in [-0.39, 0.29) is 17.4 Å². The third-order valence-electron chi connectivity index (χ3n) is 3.59. The minimum atomic E-state index is -3.05. The van der Waals surface area contributed by atoms with Gasteiger partial charge in [-0.1, -0.05) is 11.3 Å². The number of anilines is 1. The smallest absolute Gasteiger partial charge is 0.251 e. The molecule has 1 aromatic carbocycles. The molecule has 1 atom stereocenters. The lowest BCUT2D eigenvalue weighted by Gasteiger charge is -2.23. The zero-order valence-electron chi connectivity index (χ0n) is 11.4. The van der Waals surface area contributed by atoms with Crippen LogP contribution in [0.3, 0.4) is 0 Å².